The maximum Gasteiger partial charge on any atom is 0.0726 e. The predicted octanol–water partition coefficient (Wildman–Crippen LogP) is 14.1. The van der Waals surface area contributed by atoms with Crippen molar-refractivity contribution in [1.82, 2.24) is 0 Å². The predicted molar refractivity (Wildman–Crippen MR) is 228 cm³/mol. The average Bonchev–Trinajstić information content (AvgIpc) is 3.76. The monoisotopic (exact) mass is 693 g/mol. The highest BCUT2D eigenvalue weighted by molar-refractivity contribution is 5.96. The number of nitrogens with zero attached hydrogens (tertiary/aromatic N) is 1. The van der Waals surface area contributed by atoms with Gasteiger partial charge in [0.05, 0.1) is 13.6 Å². The Morgan fingerprint density at radius 1 is 0.389 bits per heavy atom. The summed E-state index contributed by atoms with van der Waals surface area (Å²) in [5.41, 5.74) is 16.7. The van der Waals surface area contributed by atoms with Gasteiger partial charge in [0, 0.05) is 17.1 Å². The molecule has 54 heavy (non-hydrogen) atoms. The quantitative estimate of drug-likeness (QED) is 0.161. The zero-order chi connectivity index (χ0) is 41.1. The Morgan fingerprint density at radius 3 is 1.33 bits per heavy atom. The third-order valence-corrected chi connectivity index (χ3v) is 11.2. The first-order valence-corrected chi connectivity index (χ1v) is 18.2. The molecular weight excluding hydrogens is 651 g/mol. The molecule has 0 N–H and O–H groups in total. The Bertz CT molecular complexity index is 2930. The van der Waals surface area contributed by atoms with E-state index in [-0.39, 0.29) is 23.2 Å². The zero-order valence-corrected chi connectivity index (χ0v) is 29.3. The van der Waals surface area contributed by atoms with Crippen LogP contribution in [0.3, 0.4) is 0 Å². The molecule has 254 valence electrons. The maximum absolute atomic E-state index is 8.39. The van der Waals surface area contributed by atoms with Crippen LogP contribution in [0.25, 0.3) is 56.6 Å². The molecular formula is C53H37N. The van der Waals surface area contributed by atoms with Crippen LogP contribution in [0.5, 0.6) is 0 Å². The zero-order valence-electron chi connectivity index (χ0n) is 35.3. The number of fused-ring (bicyclic) bond motifs is 10. The lowest BCUT2D eigenvalue weighted by Crippen LogP contribution is -2.26. The lowest BCUT2D eigenvalue weighted by molar-refractivity contribution is 0.793. The molecule has 1 nitrogen and oxygen atoms in total. The second kappa shape index (κ2) is 12.6. The third kappa shape index (κ3) is 4.79. The van der Waals surface area contributed by atoms with Gasteiger partial charge < -0.3 is 4.90 Å². The van der Waals surface area contributed by atoms with E-state index >= 15 is 0 Å². The van der Waals surface area contributed by atoms with Crippen LogP contribution in [0.1, 0.15) is 41.6 Å². The van der Waals surface area contributed by atoms with Gasteiger partial charge in [-0.3, -0.25) is 0 Å². The van der Waals surface area contributed by atoms with Gasteiger partial charge in [0.2, 0.25) is 0 Å². The van der Waals surface area contributed by atoms with Crippen molar-refractivity contribution in [2.45, 2.75) is 5.41 Å². The number of rotatable bonds is 7. The summed E-state index contributed by atoms with van der Waals surface area (Å²) in [6, 6.07) is 64.7. The molecule has 8 aromatic rings. The summed E-state index contributed by atoms with van der Waals surface area (Å²) in [5.74, 6) is 0. The van der Waals surface area contributed by atoms with Crippen LogP contribution in [0.15, 0.2) is 201 Å². The van der Waals surface area contributed by atoms with Crippen LogP contribution in [0.2, 0.25) is 0 Å². The summed E-state index contributed by atoms with van der Waals surface area (Å²) in [7, 11) is 0. The normalized spacial score (nSPS) is 14.1. The fraction of sp³-hybridized carbons (Fsp3) is 0.0189. The third-order valence-electron chi connectivity index (χ3n) is 11.2. The number of benzene rings is 8. The van der Waals surface area contributed by atoms with Crippen molar-refractivity contribution in [2.75, 3.05) is 4.90 Å². The van der Waals surface area contributed by atoms with Gasteiger partial charge in [-0.05, 0) is 132 Å². The van der Waals surface area contributed by atoms with Gasteiger partial charge >= 0.3 is 0 Å². The largest absolute Gasteiger partial charge is 0.310 e. The second-order valence-electron chi connectivity index (χ2n) is 14.0. The highest BCUT2D eigenvalue weighted by Crippen LogP contribution is 2.63. The van der Waals surface area contributed by atoms with Gasteiger partial charge in [-0.25, -0.2) is 0 Å². The van der Waals surface area contributed by atoms with E-state index in [0.29, 0.717) is 5.56 Å². The minimum atomic E-state index is -0.654. The topological polar surface area (TPSA) is 3.24 Å². The van der Waals surface area contributed by atoms with E-state index in [1.54, 1.807) is 12.1 Å². The smallest absolute Gasteiger partial charge is 0.0726 e. The van der Waals surface area contributed by atoms with Crippen LogP contribution < -0.4 is 4.90 Å². The SMILES string of the molecule is [2H]C([2H])=C([2H])c1cc(C([2H])=C([2H])[2H])cc(-c2ccc(N(c3ccc(-c4ccccc4)cc3)c3ccc4c(c3)C3(c5ccccc5-c5ccccc53)c3ccccc3-4)cc2)c1. The fourth-order valence-corrected chi connectivity index (χ4v) is 8.84. The number of hydrogen-bond acceptors (Lipinski definition) is 1. The van der Waals surface area contributed by atoms with Crippen LogP contribution in [0.4, 0.5) is 17.1 Å². The molecule has 0 heterocycles. The van der Waals surface area contributed by atoms with Gasteiger partial charge in [0.1, 0.15) is 0 Å². The molecule has 0 bridgehead atoms. The van der Waals surface area contributed by atoms with Crippen LogP contribution in [0, 0.1) is 0 Å². The molecule has 0 saturated heterocycles. The molecule has 10 rings (SSSR count). The molecule has 0 aliphatic heterocycles. The molecule has 0 saturated carbocycles. The molecule has 1 spiro atoms. The van der Waals surface area contributed by atoms with E-state index < -0.39 is 18.5 Å². The maximum atomic E-state index is 8.39. The first-order valence-electron chi connectivity index (χ1n) is 21.2. The highest BCUT2D eigenvalue weighted by atomic mass is 15.1. The standard InChI is InChI=1S/C53H37N/c1-3-36-32-37(4-2)34-41(33-36)40-24-28-43(29-25-40)54(42-26-22-39(23-27-42)38-14-6-5-7-15-38)44-30-31-48-47-18-10-13-21-51(47)53(52(48)35-44)49-19-11-8-16-45(49)46-17-9-12-20-50(46)53/h3-35H,1-2H2/i1D2,2D2,3D,4D. The van der Waals surface area contributed by atoms with Gasteiger partial charge in [0.25, 0.3) is 0 Å². The van der Waals surface area contributed by atoms with Crippen molar-refractivity contribution in [3.63, 3.8) is 0 Å². The Balaban J connectivity index is 1.15. The molecule has 0 amide bonds. The summed E-state index contributed by atoms with van der Waals surface area (Å²) in [5, 5.41) is 0. The van der Waals surface area contributed by atoms with Crippen molar-refractivity contribution in [1.29, 1.82) is 0 Å². The molecule has 8 aromatic carbocycles. The van der Waals surface area contributed by atoms with Crippen molar-refractivity contribution in [3.05, 3.63) is 235 Å². The number of anilines is 3. The van der Waals surface area contributed by atoms with Gasteiger partial charge in [-0.15, -0.1) is 0 Å². The summed E-state index contributed by atoms with van der Waals surface area (Å²) in [6.07, 6.45) is 0. The van der Waals surface area contributed by atoms with Gasteiger partial charge in [-0.2, -0.15) is 0 Å². The summed E-state index contributed by atoms with van der Waals surface area (Å²) in [4.78, 5) is 2.28. The molecule has 0 atom stereocenters. The molecule has 2 aliphatic rings. The van der Waals surface area contributed by atoms with Gasteiger partial charge in [0.15, 0.2) is 0 Å². The van der Waals surface area contributed by atoms with Crippen molar-refractivity contribution >= 4 is 29.2 Å². The molecule has 2 aliphatic carbocycles. The lowest BCUT2D eigenvalue weighted by Gasteiger charge is -2.32. The minimum Gasteiger partial charge on any atom is -0.310 e. The fourth-order valence-electron chi connectivity index (χ4n) is 8.84. The Kier molecular flexibility index (Phi) is 6.05. The minimum absolute atomic E-state index is 0.279. The number of hydrogen-bond donors (Lipinski definition) is 0. The van der Waals surface area contributed by atoms with Crippen molar-refractivity contribution < 1.29 is 8.22 Å². The van der Waals surface area contributed by atoms with E-state index in [1.165, 1.54) is 50.6 Å². The molecule has 1 heteroatoms. The van der Waals surface area contributed by atoms with Gasteiger partial charge in [-0.1, -0.05) is 159 Å². The first kappa shape index (κ1) is 25.9. The Labute approximate surface area is 325 Å². The summed E-state index contributed by atoms with van der Waals surface area (Å²) >= 11 is 0. The van der Waals surface area contributed by atoms with Crippen LogP contribution in [-0.2, 0) is 5.41 Å². The van der Waals surface area contributed by atoms with E-state index in [0.717, 1.165) is 33.8 Å². The van der Waals surface area contributed by atoms with E-state index in [2.05, 4.69) is 144 Å². The lowest BCUT2D eigenvalue weighted by atomic mass is 9.70. The van der Waals surface area contributed by atoms with E-state index in [4.69, 9.17) is 8.22 Å². The van der Waals surface area contributed by atoms with Crippen molar-refractivity contribution in [3.8, 4) is 44.5 Å². The van der Waals surface area contributed by atoms with Crippen LogP contribution >= 0.6 is 0 Å². The molecule has 0 fully saturated rings. The van der Waals surface area contributed by atoms with Crippen molar-refractivity contribution in [2.24, 2.45) is 0 Å². The van der Waals surface area contributed by atoms with E-state index in [1.807, 2.05) is 30.3 Å². The van der Waals surface area contributed by atoms with Crippen LogP contribution in [-0.4, -0.2) is 0 Å². The average molecular weight is 694 g/mol. The molecule has 0 aromatic heterocycles. The molecule has 0 unspecified atom stereocenters. The first-order chi connectivity index (χ1) is 29.2. The Hall–Kier alpha value is -6.96. The summed E-state index contributed by atoms with van der Waals surface area (Å²) < 4.78 is 47.9. The Morgan fingerprint density at radius 2 is 0.815 bits per heavy atom. The molecule has 0 radical (unpaired) electrons. The van der Waals surface area contributed by atoms with E-state index in [9.17, 15) is 0 Å². The summed E-state index contributed by atoms with van der Waals surface area (Å²) in [6.45, 7) is -1.31. The highest BCUT2D eigenvalue weighted by Gasteiger charge is 2.51. The second-order valence-corrected chi connectivity index (χ2v) is 14.0.